The van der Waals surface area contributed by atoms with Gasteiger partial charge in [0.15, 0.2) is 5.82 Å². The van der Waals surface area contributed by atoms with Crippen molar-refractivity contribution in [2.45, 2.75) is 27.2 Å². The smallest absolute Gasteiger partial charge is 0.175 e. The molecule has 0 bridgehead atoms. The summed E-state index contributed by atoms with van der Waals surface area (Å²) in [6.45, 7) is 6.03. The molecule has 0 aliphatic heterocycles. The van der Waals surface area contributed by atoms with Gasteiger partial charge in [-0.25, -0.2) is 9.36 Å². The van der Waals surface area contributed by atoms with E-state index in [0.29, 0.717) is 0 Å². The standard InChI is InChI=1S/C11H17N5/c1-5-9-10(12)11(15(4)14-9)16-8(3)6-7(2)13-16/h6H,5,12H2,1-4H3. The van der Waals surface area contributed by atoms with Crippen LogP contribution in [-0.2, 0) is 13.5 Å². The van der Waals surface area contributed by atoms with Crippen LogP contribution in [0.15, 0.2) is 6.07 Å². The Kier molecular flexibility index (Phi) is 2.46. The highest BCUT2D eigenvalue weighted by Crippen LogP contribution is 2.22. The van der Waals surface area contributed by atoms with Crippen LogP contribution in [0, 0.1) is 13.8 Å². The number of aryl methyl sites for hydroxylation is 4. The SMILES string of the molecule is CCc1nn(C)c(-n2nc(C)cc2C)c1N. The fraction of sp³-hybridized carbons (Fsp3) is 0.455. The van der Waals surface area contributed by atoms with E-state index in [-0.39, 0.29) is 0 Å². The van der Waals surface area contributed by atoms with Crippen LogP contribution in [0.25, 0.3) is 5.82 Å². The maximum absolute atomic E-state index is 6.08. The fourth-order valence-corrected chi connectivity index (χ4v) is 1.94. The van der Waals surface area contributed by atoms with E-state index in [0.717, 1.165) is 35.0 Å². The summed E-state index contributed by atoms with van der Waals surface area (Å²) >= 11 is 0. The van der Waals surface area contributed by atoms with Gasteiger partial charge in [0.1, 0.15) is 5.69 Å². The van der Waals surface area contributed by atoms with Crippen molar-refractivity contribution in [2.24, 2.45) is 7.05 Å². The molecule has 0 amide bonds. The Morgan fingerprint density at radius 1 is 1.31 bits per heavy atom. The van der Waals surface area contributed by atoms with Crippen molar-refractivity contribution in [3.63, 3.8) is 0 Å². The van der Waals surface area contributed by atoms with E-state index >= 15 is 0 Å². The molecule has 2 aromatic heterocycles. The summed E-state index contributed by atoms with van der Waals surface area (Å²) in [5.74, 6) is 0.849. The molecule has 86 valence electrons. The van der Waals surface area contributed by atoms with Crippen molar-refractivity contribution in [2.75, 3.05) is 5.73 Å². The molecule has 0 saturated carbocycles. The van der Waals surface area contributed by atoms with Crippen molar-refractivity contribution in [1.82, 2.24) is 19.6 Å². The zero-order valence-corrected chi connectivity index (χ0v) is 10.2. The zero-order chi connectivity index (χ0) is 11.9. The molecule has 2 N–H and O–H groups in total. The number of hydrogen-bond acceptors (Lipinski definition) is 3. The minimum Gasteiger partial charge on any atom is -0.394 e. The topological polar surface area (TPSA) is 61.7 Å². The first-order valence-corrected chi connectivity index (χ1v) is 5.39. The summed E-state index contributed by atoms with van der Waals surface area (Å²) in [5, 5.41) is 8.81. The Morgan fingerprint density at radius 2 is 2.00 bits per heavy atom. The van der Waals surface area contributed by atoms with Crippen molar-refractivity contribution >= 4 is 5.69 Å². The number of anilines is 1. The highest BCUT2D eigenvalue weighted by Gasteiger charge is 2.16. The predicted molar refractivity (Wildman–Crippen MR) is 63.6 cm³/mol. The third-order valence-corrected chi connectivity index (χ3v) is 2.67. The molecule has 0 spiro atoms. The summed E-state index contributed by atoms with van der Waals surface area (Å²) < 4.78 is 3.63. The Bertz CT molecular complexity index is 521. The lowest BCUT2D eigenvalue weighted by Crippen LogP contribution is -2.08. The van der Waals surface area contributed by atoms with E-state index in [1.54, 1.807) is 4.68 Å². The quantitative estimate of drug-likeness (QED) is 0.829. The predicted octanol–water partition coefficient (Wildman–Crippen LogP) is 1.37. The van der Waals surface area contributed by atoms with Gasteiger partial charge < -0.3 is 5.73 Å². The third kappa shape index (κ3) is 1.48. The summed E-state index contributed by atoms with van der Waals surface area (Å²) in [5.41, 5.74) is 9.77. The molecule has 5 nitrogen and oxygen atoms in total. The number of aromatic nitrogens is 4. The van der Waals surface area contributed by atoms with Crippen molar-refractivity contribution < 1.29 is 0 Å². The molecular formula is C11H17N5. The number of nitrogen functional groups attached to an aromatic ring is 1. The average molecular weight is 219 g/mol. The number of nitrogens with two attached hydrogens (primary N) is 1. The molecule has 0 radical (unpaired) electrons. The number of nitrogens with zero attached hydrogens (tertiary/aromatic N) is 4. The van der Waals surface area contributed by atoms with Crippen molar-refractivity contribution in [3.05, 3.63) is 23.1 Å². The van der Waals surface area contributed by atoms with Gasteiger partial charge in [-0.15, -0.1) is 0 Å². The van der Waals surface area contributed by atoms with Crippen LogP contribution in [0.3, 0.4) is 0 Å². The lowest BCUT2D eigenvalue weighted by Gasteiger charge is -2.05. The van der Waals surface area contributed by atoms with Crippen LogP contribution >= 0.6 is 0 Å². The lowest BCUT2D eigenvalue weighted by molar-refractivity contribution is 0.679. The summed E-state index contributed by atoms with van der Waals surface area (Å²) in [6, 6.07) is 2.03. The number of hydrogen-bond donors (Lipinski definition) is 1. The maximum Gasteiger partial charge on any atom is 0.175 e. The first kappa shape index (κ1) is 10.7. The Balaban J connectivity index is 2.64. The molecule has 0 aliphatic rings. The Hall–Kier alpha value is -1.78. The molecule has 0 saturated heterocycles. The first-order valence-electron chi connectivity index (χ1n) is 5.39. The molecule has 0 fully saturated rings. The maximum atomic E-state index is 6.08. The Morgan fingerprint density at radius 3 is 2.44 bits per heavy atom. The molecular weight excluding hydrogens is 202 g/mol. The summed E-state index contributed by atoms with van der Waals surface area (Å²) in [4.78, 5) is 0. The van der Waals surface area contributed by atoms with Gasteiger partial charge in [-0.3, -0.25) is 0 Å². The normalized spacial score (nSPS) is 11.0. The van der Waals surface area contributed by atoms with E-state index in [1.165, 1.54) is 0 Å². The molecule has 5 heteroatoms. The van der Waals surface area contributed by atoms with Gasteiger partial charge in [-0.2, -0.15) is 10.2 Å². The van der Waals surface area contributed by atoms with E-state index in [4.69, 9.17) is 5.73 Å². The minimum atomic E-state index is 0.719. The van der Waals surface area contributed by atoms with Gasteiger partial charge in [0, 0.05) is 12.7 Å². The van der Waals surface area contributed by atoms with E-state index < -0.39 is 0 Å². The van der Waals surface area contributed by atoms with Crippen LogP contribution < -0.4 is 5.73 Å². The molecule has 2 heterocycles. The molecule has 16 heavy (non-hydrogen) atoms. The minimum absolute atomic E-state index is 0.719. The first-order chi connectivity index (χ1) is 7.54. The van der Waals surface area contributed by atoms with Gasteiger partial charge in [0.25, 0.3) is 0 Å². The van der Waals surface area contributed by atoms with Crippen molar-refractivity contribution in [1.29, 1.82) is 0 Å². The highest BCUT2D eigenvalue weighted by atomic mass is 15.4. The molecule has 0 atom stereocenters. The van der Waals surface area contributed by atoms with Crippen LogP contribution in [0.5, 0.6) is 0 Å². The summed E-state index contributed by atoms with van der Waals surface area (Å²) in [7, 11) is 1.89. The third-order valence-electron chi connectivity index (χ3n) is 2.67. The van der Waals surface area contributed by atoms with Crippen LogP contribution in [0.4, 0.5) is 5.69 Å². The second-order valence-corrected chi connectivity index (χ2v) is 4.00. The number of rotatable bonds is 2. The highest BCUT2D eigenvalue weighted by molar-refractivity contribution is 5.57. The molecule has 2 rings (SSSR count). The van der Waals surface area contributed by atoms with Crippen LogP contribution in [-0.4, -0.2) is 19.6 Å². The Labute approximate surface area is 94.9 Å². The van der Waals surface area contributed by atoms with E-state index in [1.807, 2.05) is 38.6 Å². The molecule has 0 unspecified atom stereocenters. The van der Waals surface area contributed by atoms with Crippen LogP contribution in [0.1, 0.15) is 24.0 Å². The second kappa shape index (κ2) is 3.66. The second-order valence-electron chi connectivity index (χ2n) is 4.00. The molecule has 2 aromatic rings. The molecule has 0 aliphatic carbocycles. The van der Waals surface area contributed by atoms with E-state index in [2.05, 4.69) is 10.2 Å². The van der Waals surface area contributed by atoms with Crippen LogP contribution in [0.2, 0.25) is 0 Å². The van der Waals surface area contributed by atoms with Gasteiger partial charge in [-0.1, -0.05) is 6.92 Å². The fourth-order valence-electron chi connectivity index (χ4n) is 1.94. The lowest BCUT2D eigenvalue weighted by atomic mass is 10.3. The largest absolute Gasteiger partial charge is 0.394 e. The summed E-state index contributed by atoms with van der Waals surface area (Å²) in [6.07, 6.45) is 0.832. The van der Waals surface area contributed by atoms with Gasteiger partial charge in [0.05, 0.1) is 11.4 Å². The van der Waals surface area contributed by atoms with Crippen molar-refractivity contribution in [3.8, 4) is 5.82 Å². The van der Waals surface area contributed by atoms with Gasteiger partial charge in [0.2, 0.25) is 0 Å². The van der Waals surface area contributed by atoms with Gasteiger partial charge >= 0.3 is 0 Å². The average Bonchev–Trinajstić information content (AvgIpc) is 2.67. The zero-order valence-electron chi connectivity index (χ0n) is 10.2. The van der Waals surface area contributed by atoms with Gasteiger partial charge in [-0.05, 0) is 26.3 Å². The molecule has 0 aromatic carbocycles. The van der Waals surface area contributed by atoms with E-state index in [9.17, 15) is 0 Å². The monoisotopic (exact) mass is 219 g/mol.